The molecule has 0 spiro atoms. The largest absolute Gasteiger partial charge is 0.439 e. The number of piperidine rings is 2. The first-order chi connectivity index (χ1) is 12.4. The Morgan fingerprint density at radius 2 is 1.36 bits per heavy atom. The summed E-state index contributed by atoms with van der Waals surface area (Å²) in [6, 6.07) is 10.3. The molecule has 0 amide bonds. The van der Waals surface area contributed by atoms with E-state index in [2.05, 4.69) is 21.9 Å². The van der Waals surface area contributed by atoms with E-state index in [0.29, 0.717) is 0 Å². The summed E-state index contributed by atoms with van der Waals surface area (Å²) < 4.78 is 6.27. The number of benzene rings is 1. The van der Waals surface area contributed by atoms with Gasteiger partial charge in [-0.3, -0.25) is 9.80 Å². The standard InChI is InChI=1S/C21H29N3O/c1-4-10-18(11-5-1)21-22-19(16-23-12-6-2-7-13-23)20(25-21)17-24-14-8-3-9-15-24/h1,4-5,10-11H,2-3,6-9,12-17H2. The van der Waals surface area contributed by atoms with Crippen LogP contribution in [-0.4, -0.2) is 41.0 Å². The van der Waals surface area contributed by atoms with Crippen LogP contribution in [0.25, 0.3) is 11.5 Å². The second-order valence-corrected chi connectivity index (χ2v) is 7.43. The van der Waals surface area contributed by atoms with Crippen LogP contribution in [0.2, 0.25) is 0 Å². The number of oxazole rings is 1. The predicted molar refractivity (Wildman–Crippen MR) is 100 cm³/mol. The molecule has 2 aromatic rings. The lowest BCUT2D eigenvalue weighted by Crippen LogP contribution is -2.31. The van der Waals surface area contributed by atoms with Crippen molar-refractivity contribution < 1.29 is 4.42 Å². The molecule has 0 N–H and O–H groups in total. The van der Waals surface area contributed by atoms with Gasteiger partial charge < -0.3 is 4.42 Å². The molecule has 3 heterocycles. The Bertz CT molecular complexity index is 618. The maximum atomic E-state index is 6.27. The van der Waals surface area contributed by atoms with Crippen molar-refractivity contribution in [3.8, 4) is 11.5 Å². The Morgan fingerprint density at radius 3 is 2.00 bits per heavy atom. The summed E-state index contributed by atoms with van der Waals surface area (Å²) in [4.78, 5) is 9.97. The van der Waals surface area contributed by atoms with Gasteiger partial charge in [-0.2, -0.15) is 0 Å². The fourth-order valence-electron chi connectivity index (χ4n) is 3.98. The van der Waals surface area contributed by atoms with Crippen LogP contribution in [0.3, 0.4) is 0 Å². The molecular formula is C21H29N3O. The van der Waals surface area contributed by atoms with Gasteiger partial charge in [-0.05, 0) is 64.0 Å². The summed E-state index contributed by atoms with van der Waals surface area (Å²) in [6.07, 6.45) is 7.96. The normalized spacial score (nSPS) is 20.0. The van der Waals surface area contributed by atoms with Crippen LogP contribution in [0, 0.1) is 0 Å². The lowest BCUT2D eigenvalue weighted by Gasteiger charge is -2.27. The van der Waals surface area contributed by atoms with Gasteiger partial charge in [0.1, 0.15) is 5.76 Å². The van der Waals surface area contributed by atoms with E-state index in [0.717, 1.165) is 36.0 Å². The first-order valence-corrected chi connectivity index (χ1v) is 9.87. The second kappa shape index (κ2) is 8.15. The first-order valence-electron chi connectivity index (χ1n) is 9.87. The van der Waals surface area contributed by atoms with Gasteiger partial charge in [-0.25, -0.2) is 4.98 Å². The van der Waals surface area contributed by atoms with E-state index >= 15 is 0 Å². The topological polar surface area (TPSA) is 32.5 Å². The fourth-order valence-corrected chi connectivity index (χ4v) is 3.98. The number of hydrogen-bond donors (Lipinski definition) is 0. The Balaban J connectivity index is 1.56. The summed E-state index contributed by atoms with van der Waals surface area (Å²) in [5, 5.41) is 0. The quantitative estimate of drug-likeness (QED) is 0.812. The van der Waals surface area contributed by atoms with Gasteiger partial charge in [0.2, 0.25) is 5.89 Å². The molecule has 4 nitrogen and oxygen atoms in total. The third-order valence-corrected chi connectivity index (χ3v) is 5.44. The minimum Gasteiger partial charge on any atom is -0.439 e. The SMILES string of the molecule is c1ccc(-c2nc(CN3CCCCC3)c(CN3CCCCC3)o2)cc1. The molecule has 2 saturated heterocycles. The van der Waals surface area contributed by atoms with E-state index < -0.39 is 0 Å². The zero-order valence-electron chi connectivity index (χ0n) is 15.1. The van der Waals surface area contributed by atoms with Crippen LogP contribution in [0.1, 0.15) is 50.0 Å². The highest BCUT2D eigenvalue weighted by Gasteiger charge is 2.21. The zero-order valence-corrected chi connectivity index (χ0v) is 15.1. The first kappa shape index (κ1) is 16.8. The van der Waals surface area contributed by atoms with Crippen molar-refractivity contribution in [1.82, 2.24) is 14.8 Å². The molecule has 2 aliphatic heterocycles. The van der Waals surface area contributed by atoms with Crippen molar-refractivity contribution >= 4 is 0 Å². The van der Waals surface area contributed by atoms with Crippen molar-refractivity contribution in [1.29, 1.82) is 0 Å². The van der Waals surface area contributed by atoms with Crippen LogP contribution in [0.4, 0.5) is 0 Å². The molecule has 134 valence electrons. The molecule has 0 unspecified atom stereocenters. The average Bonchev–Trinajstić information content (AvgIpc) is 3.06. The van der Waals surface area contributed by atoms with Crippen LogP contribution >= 0.6 is 0 Å². The van der Waals surface area contributed by atoms with Gasteiger partial charge in [0, 0.05) is 12.1 Å². The lowest BCUT2D eigenvalue weighted by molar-refractivity contribution is 0.196. The highest BCUT2D eigenvalue weighted by Crippen LogP contribution is 2.25. The van der Waals surface area contributed by atoms with E-state index in [4.69, 9.17) is 9.40 Å². The summed E-state index contributed by atoms with van der Waals surface area (Å²) in [7, 11) is 0. The Hall–Kier alpha value is -1.65. The van der Waals surface area contributed by atoms with E-state index in [1.54, 1.807) is 0 Å². The van der Waals surface area contributed by atoms with Gasteiger partial charge >= 0.3 is 0 Å². The summed E-state index contributed by atoms with van der Waals surface area (Å²) in [5.41, 5.74) is 2.22. The number of likely N-dealkylation sites (tertiary alicyclic amines) is 2. The van der Waals surface area contributed by atoms with E-state index in [-0.39, 0.29) is 0 Å². The Morgan fingerprint density at radius 1 is 0.760 bits per heavy atom. The van der Waals surface area contributed by atoms with Crippen LogP contribution < -0.4 is 0 Å². The minimum atomic E-state index is 0.777. The molecule has 0 saturated carbocycles. The van der Waals surface area contributed by atoms with Gasteiger partial charge in [-0.15, -0.1) is 0 Å². The van der Waals surface area contributed by atoms with Crippen LogP contribution in [-0.2, 0) is 13.1 Å². The van der Waals surface area contributed by atoms with Crippen molar-refractivity contribution in [2.75, 3.05) is 26.2 Å². The zero-order chi connectivity index (χ0) is 16.9. The molecule has 4 heteroatoms. The molecular weight excluding hydrogens is 310 g/mol. The molecule has 0 bridgehead atoms. The molecule has 2 fully saturated rings. The van der Waals surface area contributed by atoms with E-state index in [9.17, 15) is 0 Å². The molecule has 0 aliphatic carbocycles. The number of rotatable bonds is 5. The Labute approximate surface area is 150 Å². The monoisotopic (exact) mass is 339 g/mol. The maximum Gasteiger partial charge on any atom is 0.226 e. The fraction of sp³-hybridized carbons (Fsp3) is 0.571. The predicted octanol–water partition coefficient (Wildman–Crippen LogP) is 4.31. The second-order valence-electron chi connectivity index (χ2n) is 7.43. The number of aromatic nitrogens is 1. The molecule has 1 aromatic heterocycles. The smallest absolute Gasteiger partial charge is 0.226 e. The van der Waals surface area contributed by atoms with Crippen molar-refractivity contribution in [3.63, 3.8) is 0 Å². The maximum absolute atomic E-state index is 6.27. The van der Waals surface area contributed by atoms with E-state index in [1.165, 1.54) is 64.7 Å². The van der Waals surface area contributed by atoms with Crippen LogP contribution in [0.5, 0.6) is 0 Å². The minimum absolute atomic E-state index is 0.777. The average molecular weight is 339 g/mol. The molecule has 0 atom stereocenters. The van der Waals surface area contributed by atoms with Crippen molar-refractivity contribution in [2.45, 2.75) is 51.6 Å². The molecule has 1 aromatic carbocycles. The van der Waals surface area contributed by atoms with Gasteiger partial charge in [0.05, 0.1) is 12.2 Å². The van der Waals surface area contributed by atoms with Crippen LogP contribution in [0.15, 0.2) is 34.7 Å². The Kier molecular flexibility index (Phi) is 5.48. The van der Waals surface area contributed by atoms with Crippen molar-refractivity contribution in [3.05, 3.63) is 41.8 Å². The third-order valence-electron chi connectivity index (χ3n) is 5.44. The van der Waals surface area contributed by atoms with E-state index in [1.807, 2.05) is 18.2 Å². The summed E-state index contributed by atoms with van der Waals surface area (Å²) in [6.45, 7) is 6.59. The lowest BCUT2D eigenvalue weighted by atomic mass is 10.1. The molecule has 0 radical (unpaired) electrons. The summed E-state index contributed by atoms with van der Waals surface area (Å²) >= 11 is 0. The highest BCUT2D eigenvalue weighted by molar-refractivity contribution is 5.53. The third kappa shape index (κ3) is 4.31. The van der Waals surface area contributed by atoms with Gasteiger partial charge in [0.25, 0.3) is 0 Å². The van der Waals surface area contributed by atoms with Gasteiger partial charge in [-0.1, -0.05) is 31.0 Å². The number of hydrogen-bond acceptors (Lipinski definition) is 4. The van der Waals surface area contributed by atoms with Gasteiger partial charge in [0.15, 0.2) is 0 Å². The molecule has 25 heavy (non-hydrogen) atoms. The number of nitrogens with zero attached hydrogens (tertiary/aromatic N) is 3. The molecule has 4 rings (SSSR count). The summed E-state index contributed by atoms with van der Waals surface area (Å²) in [5.74, 6) is 1.85. The molecule has 2 aliphatic rings. The highest BCUT2D eigenvalue weighted by atomic mass is 16.4. The van der Waals surface area contributed by atoms with Crippen molar-refractivity contribution in [2.24, 2.45) is 0 Å².